The van der Waals surface area contributed by atoms with E-state index in [0.29, 0.717) is 12.0 Å². The molecule has 0 amide bonds. The number of piperidine rings is 1. The lowest BCUT2D eigenvalue weighted by atomic mass is 9.93. The van der Waals surface area contributed by atoms with Crippen LogP contribution in [0.15, 0.2) is 29.6 Å². The van der Waals surface area contributed by atoms with Crippen LogP contribution in [-0.4, -0.2) is 32.5 Å². The molecule has 0 aromatic carbocycles. The summed E-state index contributed by atoms with van der Waals surface area (Å²) in [6.07, 6.45) is 7.13. The van der Waals surface area contributed by atoms with Crippen molar-refractivity contribution < 1.29 is 0 Å². The second kappa shape index (κ2) is 5.20. The van der Waals surface area contributed by atoms with Gasteiger partial charge in [0.1, 0.15) is 0 Å². The Morgan fingerprint density at radius 2 is 2.44 bits per heavy atom. The molecule has 2 aromatic rings. The predicted octanol–water partition coefficient (Wildman–Crippen LogP) is 2.42. The van der Waals surface area contributed by atoms with Gasteiger partial charge in [0.25, 0.3) is 0 Å². The standard InChI is InChI=1S/C13H18N4S/c1-11-2-4-16(6-12-8-18-10-15-12)7-13(11)17-5-3-14-9-17/h3,5,8-11,13H,2,4,6-7H2,1H3. The van der Waals surface area contributed by atoms with E-state index >= 15 is 0 Å². The van der Waals surface area contributed by atoms with Gasteiger partial charge in [-0.25, -0.2) is 9.97 Å². The lowest BCUT2D eigenvalue weighted by Gasteiger charge is -2.37. The zero-order valence-electron chi connectivity index (χ0n) is 10.6. The Hall–Kier alpha value is -1.20. The molecule has 2 atom stereocenters. The smallest absolute Gasteiger partial charge is 0.0949 e. The summed E-state index contributed by atoms with van der Waals surface area (Å²) in [6, 6.07) is 0.542. The van der Waals surface area contributed by atoms with Crippen LogP contribution >= 0.6 is 11.3 Å². The first-order valence-electron chi connectivity index (χ1n) is 6.40. The maximum absolute atomic E-state index is 4.37. The van der Waals surface area contributed by atoms with Crippen LogP contribution in [0, 0.1) is 5.92 Å². The Balaban J connectivity index is 1.68. The quantitative estimate of drug-likeness (QED) is 0.852. The van der Waals surface area contributed by atoms with Crippen LogP contribution in [0.25, 0.3) is 0 Å². The zero-order valence-corrected chi connectivity index (χ0v) is 11.4. The van der Waals surface area contributed by atoms with E-state index in [2.05, 4.69) is 37.9 Å². The molecule has 0 radical (unpaired) electrons. The van der Waals surface area contributed by atoms with Crippen molar-refractivity contribution >= 4 is 11.3 Å². The summed E-state index contributed by atoms with van der Waals surface area (Å²) in [5.41, 5.74) is 3.11. The summed E-state index contributed by atoms with van der Waals surface area (Å²) in [5.74, 6) is 0.714. The number of aromatic nitrogens is 3. The van der Waals surface area contributed by atoms with Crippen molar-refractivity contribution in [2.24, 2.45) is 5.92 Å². The van der Waals surface area contributed by atoms with Gasteiger partial charge in [0.2, 0.25) is 0 Å². The van der Waals surface area contributed by atoms with Crippen LogP contribution in [0.5, 0.6) is 0 Å². The summed E-state index contributed by atoms with van der Waals surface area (Å²) in [7, 11) is 0. The van der Waals surface area contributed by atoms with Gasteiger partial charge in [-0.15, -0.1) is 11.3 Å². The van der Waals surface area contributed by atoms with Crippen LogP contribution in [-0.2, 0) is 6.54 Å². The molecule has 96 valence electrons. The fourth-order valence-corrected chi connectivity index (χ4v) is 3.21. The van der Waals surface area contributed by atoms with Gasteiger partial charge in [0.05, 0.1) is 17.5 Å². The molecule has 0 N–H and O–H groups in total. The molecule has 0 saturated carbocycles. The largest absolute Gasteiger partial charge is 0.333 e. The van der Waals surface area contributed by atoms with Crippen LogP contribution in [0.2, 0.25) is 0 Å². The van der Waals surface area contributed by atoms with Crippen molar-refractivity contribution in [1.29, 1.82) is 0 Å². The third kappa shape index (κ3) is 2.47. The summed E-state index contributed by atoms with van der Waals surface area (Å²) >= 11 is 1.67. The molecule has 0 bridgehead atoms. The Morgan fingerprint density at radius 1 is 1.50 bits per heavy atom. The van der Waals surface area contributed by atoms with Crippen LogP contribution in [0.1, 0.15) is 25.1 Å². The van der Waals surface area contributed by atoms with Crippen molar-refractivity contribution in [2.75, 3.05) is 13.1 Å². The van der Waals surface area contributed by atoms with E-state index in [1.165, 1.54) is 18.7 Å². The Morgan fingerprint density at radius 3 is 3.17 bits per heavy atom. The fourth-order valence-electron chi connectivity index (χ4n) is 2.66. The summed E-state index contributed by atoms with van der Waals surface area (Å²) in [5, 5.41) is 2.14. The molecule has 2 aromatic heterocycles. The number of nitrogens with zero attached hydrogens (tertiary/aromatic N) is 4. The zero-order chi connectivity index (χ0) is 12.4. The number of likely N-dealkylation sites (tertiary alicyclic amines) is 1. The van der Waals surface area contributed by atoms with E-state index in [9.17, 15) is 0 Å². The molecule has 5 heteroatoms. The average molecular weight is 262 g/mol. The van der Waals surface area contributed by atoms with Crippen LogP contribution in [0.3, 0.4) is 0 Å². The van der Waals surface area contributed by atoms with Crippen molar-refractivity contribution in [2.45, 2.75) is 25.9 Å². The molecular formula is C13H18N4S. The first-order valence-corrected chi connectivity index (χ1v) is 7.34. The minimum Gasteiger partial charge on any atom is -0.333 e. The number of hydrogen-bond donors (Lipinski definition) is 0. The molecular weight excluding hydrogens is 244 g/mol. The maximum atomic E-state index is 4.37. The van der Waals surface area contributed by atoms with Gasteiger partial charge >= 0.3 is 0 Å². The van der Waals surface area contributed by atoms with Gasteiger partial charge in [-0.05, 0) is 18.9 Å². The molecule has 18 heavy (non-hydrogen) atoms. The second-order valence-corrected chi connectivity index (χ2v) is 5.78. The molecule has 1 saturated heterocycles. The van der Waals surface area contributed by atoms with Crippen molar-refractivity contribution in [3.05, 3.63) is 35.3 Å². The number of rotatable bonds is 3. The van der Waals surface area contributed by atoms with Gasteiger partial charge in [0.15, 0.2) is 0 Å². The average Bonchev–Trinajstić information content (AvgIpc) is 3.04. The monoisotopic (exact) mass is 262 g/mol. The lowest BCUT2D eigenvalue weighted by Crippen LogP contribution is -2.40. The number of thiazole rings is 1. The maximum Gasteiger partial charge on any atom is 0.0949 e. The SMILES string of the molecule is CC1CCN(Cc2cscn2)CC1n1ccnc1. The summed E-state index contributed by atoms with van der Waals surface area (Å²) in [6.45, 7) is 5.57. The number of hydrogen-bond acceptors (Lipinski definition) is 4. The minimum absolute atomic E-state index is 0.542. The van der Waals surface area contributed by atoms with Crippen LogP contribution < -0.4 is 0 Å². The molecule has 4 nitrogen and oxygen atoms in total. The van der Waals surface area contributed by atoms with Crippen LogP contribution in [0.4, 0.5) is 0 Å². The van der Waals surface area contributed by atoms with Gasteiger partial charge < -0.3 is 4.57 Å². The fraction of sp³-hybridized carbons (Fsp3) is 0.538. The first kappa shape index (κ1) is 11.9. The molecule has 1 aliphatic rings. The van der Waals surface area contributed by atoms with E-state index < -0.39 is 0 Å². The topological polar surface area (TPSA) is 34.0 Å². The van der Waals surface area contributed by atoms with Gasteiger partial charge in [0, 0.05) is 36.9 Å². The van der Waals surface area contributed by atoms with Gasteiger partial charge in [-0.2, -0.15) is 0 Å². The van der Waals surface area contributed by atoms with Crippen molar-refractivity contribution in [3.63, 3.8) is 0 Å². The summed E-state index contributed by atoms with van der Waals surface area (Å²) < 4.78 is 2.25. The van der Waals surface area contributed by atoms with E-state index in [0.717, 1.165) is 13.1 Å². The first-order chi connectivity index (χ1) is 8.83. The molecule has 0 aliphatic carbocycles. The molecule has 3 heterocycles. The highest BCUT2D eigenvalue weighted by atomic mass is 32.1. The highest BCUT2D eigenvalue weighted by Gasteiger charge is 2.27. The van der Waals surface area contributed by atoms with E-state index in [1.54, 1.807) is 11.3 Å². The van der Waals surface area contributed by atoms with E-state index in [-0.39, 0.29) is 0 Å². The highest BCUT2D eigenvalue weighted by molar-refractivity contribution is 7.07. The Bertz CT molecular complexity index is 465. The third-order valence-electron chi connectivity index (χ3n) is 3.78. The Kier molecular flexibility index (Phi) is 3.43. The lowest BCUT2D eigenvalue weighted by molar-refractivity contribution is 0.125. The molecule has 3 rings (SSSR count). The van der Waals surface area contributed by atoms with Crippen molar-refractivity contribution in [3.8, 4) is 0 Å². The Labute approximate surface area is 111 Å². The predicted molar refractivity (Wildman–Crippen MR) is 72.4 cm³/mol. The minimum atomic E-state index is 0.542. The van der Waals surface area contributed by atoms with Gasteiger partial charge in [-0.1, -0.05) is 6.92 Å². The normalized spacial score (nSPS) is 25.4. The third-order valence-corrected chi connectivity index (χ3v) is 4.41. The molecule has 1 aliphatic heterocycles. The highest BCUT2D eigenvalue weighted by Crippen LogP contribution is 2.28. The van der Waals surface area contributed by atoms with Crippen molar-refractivity contribution in [1.82, 2.24) is 19.4 Å². The molecule has 1 fully saturated rings. The van der Waals surface area contributed by atoms with Gasteiger partial charge in [-0.3, -0.25) is 4.90 Å². The summed E-state index contributed by atoms with van der Waals surface area (Å²) in [4.78, 5) is 11.0. The van der Waals surface area contributed by atoms with E-state index in [1.807, 2.05) is 18.0 Å². The molecule has 2 unspecified atom stereocenters. The second-order valence-electron chi connectivity index (χ2n) is 5.06. The van der Waals surface area contributed by atoms with E-state index in [4.69, 9.17) is 0 Å². The molecule has 0 spiro atoms. The number of imidazole rings is 1.